The lowest BCUT2D eigenvalue weighted by atomic mass is 10.00. The van der Waals surface area contributed by atoms with Crippen LogP contribution in [0.25, 0.3) is 10.9 Å². The van der Waals surface area contributed by atoms with Crippen molar-refractivity contribution < 1.29 is 4.39 Å². The van der Waals surface area contributed by atoms with E-state index in [1.165, 1.54) is 23.3 Å². The Labute approximate surface area is 181 Å². The van der Waals surface area contributed by atoms with Gasteiger partial charge in [0.1, 0.15) is 11.6 Å². The first-order valence-corrected chi connectivity index (χ1v) is 9.79. The van der Waals surface area contributed by atoms with Crippen molar-refractivity contribution in [1.82, 2.24) is 9.97 Å². The van der Waals surface area contributed by atoms with Gasteiger partial charge in [0.25, 0.3) is 0 Å². The van der Waals surface area contributed by atoms with Crippen LogP contribution in [-0.4, -0.2) is 16.5 Å². The normalized spacial score (nSPS) is 12.9. The number of aromatic nitrogens is 2. The quantitative estimate of drug-likeness (QED) is 0.454. The third kappa shape index (κ3) is 3.81. The molecule has 0 aliphatic carbocycles. The maximum absolute atomic E-state index is 13.5. The van der Waals surface area contributed by atoms with Crippen LogP contribution in [0.4, 0.5) is 21.8 Å². The second-order valence-electron chi connectivity index (χ2n) is 7.41. The van der Waals surface area contributed by atoms with Gasteiger partial charge in [-0.05, 0) is 60.4 Å². The summed E-state index contributed by atoms with van der Waals surface area (Å²) in [5, 5.41) is 4.31. The number of benzene rings is 3. The number of hydrogen-bond donors (Lipinski definition) is 1. The van der Waals surface area contributed by atoms with Crippen LogP contribution in [0.2, 0.25) is 0 Å². The van der Waals surface area contributed by atoms with Crippen LogP contribution in [-0.2, 0) is 13.0 Å². The molecule has 30 heavy (non-hydrogen) atoms. The molecule has 0 fully saturated rings. The van der Waals surface area contributed by atoms with Gasteiger partial charge in [-0.25, -0.2) is 9.37 Å². The fraction of sp³-hybridized carbons (Fsp3) is 0.167. The summed E-state index contributed by atoms with van der Waals surface area (Å²) < 4.78 is 13.5. The molecule has 4 aromatic rings. The van der Waals surface area contributed by atoms with E-state index in [4.69, 9.17) is 9.97 Å². The second-order valence-corrected chi connectivity index (χ2v) is 7.41. The Bertz CT molecular complexity index is 1210. The molecule has 0 atom stereocenters. The van der Waals surface area contributed by atoms with Crippen molar-refractivity contribution in [3.8, 4) is 0 Å². The fourth-order valence-electron chi connectivity index (χ4n) is 3.92. The molecule has 1 aliphatic heterocycles. The Morgan fingerprint density at radius 2 is 1.70 bits per heavy atom. The van der Waals surface area contributed by atoms with E-state index in [0.29, 0.717) is 5.95 Å². The summed E-state index contributed by atoms with van der Waals surface area (Å²) in [6.45, 7) is 3.61. The number of rotatable bonds is 3. The van der Waals surface area contributed by atoms with Gasteiger partial charge in [0.15, 0.2) is 0 Å². The summed E-state index contributed by atoms with van der Waals surface area (Å²) in [6.07, 6.45) is 0.994. The average Bonchev–Trinajstić information content (AvgIpc) is 2.75. The Hall–Kier alpha value is -3.18. The highest BCUT2D eigenvalue weighted by Crippen LogP contribution is 2.31. The molecule has 1 N–H and O–H groups in total. The Kier molecular flexibility index (Phi) is 5.55. The molecular formula is C24H22ClFN4. The van der Waals surface area contributed by atoms with Crippen LogP contribution >= 0.6 is 12.4 Å². The molecule has 0 unspecified atom stereocenters. The molecule has 0 amide bonds. The van der Waals surface area contributed by atoms with E-state index >= 15 is 0 Å². The van der Waals surface area contributed by atoms with Gasteiger partial charge < -0.3 is 10.2 Å². The van der Waals surface area contributed by atoms with E-state index in [1.807, 2.05) is 25.1 Å². The van der Waals surface area contributed by atoms with E-state index in [1.54, 1.807) is 6.07 Å². The van der Waals surface area contributed by atoms with Crippen molar-refractivity contribution in [1.29, 1.82) is 0 Å². The number of aryl methyl sites for hydroxylation is 1. The number of halogens is 2. The monoisotopic (exact) mass is 420 g/mol. The van der Waals surface area contributed by atoms with Crippen molar-refractivity contribution >= 4 is 40.8 Å². The van der Waals surface area contributed by atoms with Crippen LogP contribution in [0.5, 0.6) is 0 Å². The number of anilines is 3. The minimum Gasteiger partial charge on any atom is -0.351 e. The Balaban J connectivity index is 0.00000218. The molecule has 3 aromatic carbocycles. The highest BCUT2D eigenvalue weighted by atomic mass is 35.5. The summed E-state index contributed by atoms with van der Waals surface area (Å²) in [6, 6.07) is 21.3. The zero-order chi connectivity index (χ0) is 19.8. The first-order chi connectivity index (χ1) is 14.2. The van der Waals surface area contributed by atoms with Gasteiger partial charge in [0, 0.05) is 24.2 Å². The van der Waals surface area contributed by atoms with Gasteiger partial charge in [-0.3, -0.25) is 0 Å². The van der Waals surface area contributed by atoms with Gasteiger partial charge in [-0.2, -0.15) is 4.98 Å². The highest BCUT2D eigenvalue weighted by Gasteiger charge is 2.20. The number of fused-ring (bicyclic) bond motifs is 2. The van der Waals surface area contributed by atoms with Crippen molar-refractivity contribution in [3.05, 3.63) is 89.2 Å². The maximum Gasteiger partial charge on any atom is 0.229 e. The Morgan fingerprint density at radius 1 is 0.933 bits per heavy atom. The van der Waals surface area contributed by atoms with Gasteiger partial charge in [0.05, 0.1) is 5.52 Å². The maximum atomic E-state index is 13.5. The standard InChI is InChI=1S/C24H21FN4.ClH/c1-16-14-19(25)10-11-21(16)26-24-27-22-9-5-4-8-20(22)23(28-24)29-13-12-17-6-2-3-7-18(17)15-29;/h2-11,14H,12-13,15H2,1H3,(H,26,27,28);1H. The summed E-state index contributed by atoms with van der Waals surface area (Å²) in [7, 11) is 0. The smallest absolute Gasteiger partial charge is 0.229 e. The number of nitrogens with one attached hydrogen (secondary N) is 1. The van der Waals surface area contributed by atoms with Crippen molar-refractivity contribution in [3.63, 3.8) is 0 Å². The third-order valence-corrected chi connectivity index (χ3v) is 5.45. The van der Waals surface area contributed by atoms with E-state index in [9.17, 15) is 4.39 Å². The molecule has 4 nitrogen and oxygen atoms in total. The first-order valence-electron chi connectivity index (χ1n) is 9.79. The summed E-state index contributed by atoms with van der Waals surface area (Å²) in [4.78, 5) is 11.9. The zero-order valence-electron chi connectivity index (χ0n) is 16.6. The number of para-hydroxylation sites is 1. The van der Waals surface area contributed by atoms with Crippen molar-refractivity contribution in [2.24, 2.45) is 0 Å². The first kappa shape index (κ1) is 20.1. The predicted molar refractivity (Wildman–Crippen MR) is 122 cm³/mol. The highest BCUT2D eigenvalue weighted by molar-refractivity contribution is 5.91. The summed E-state index contributed by atoms with van der Waals surface area (Å²) in [5.74, 6) is 1.19. The minimum atomic E-state index is -0.250. The zero-order valence-corrected chi connectivity index (χ0v) is 17.4. The molecule has 6 heteroatoms. The third-order valence-electron chi connectivity index (χ3n) is 5.45. The summed E-state index contributed by atoms with van der Waals surface area (Å²) in [5.41, 5.74) is 5.25. The molecule has 0 bridgehead atoms. The number of nitrogens with zero attached hydrogens (tertiary/aromatic N) is 3. The molecular weight excluding hydrogens is 399 g/mol. The SMILES string of the molecule is Cc1cc(F)ccc1Nc1nc(N2CCc3ccccc3C2)c2ccccc2n1.Cl. The van der Waals surface area contributed by atoms with Gasteiger partial charge in [-0.15, -0.1) is 12.4 Å². The molecule has 2 heterocycles. The fourth-order valence-corrected chi connectivity index (χ4v) is 3.92. The molecule has 5 rings (SSSR count). The van der Waals surface area contributed by atoms with E-state index in [2.05, 4.69) is 40.5 Å². The van der Waals surface area contributed by atoms with Crippen molar-refractivity contribution in [2.75, 3.05) is 16.8 Å². The lowest BCUT2D eigenvalue weighted by Gasteiger charge is -2.30. The lowest BCUT2D eigenvalue weighted by molar-refractivity contribution is 0.627. The molecule has 0 saturated carbocycles. The predicted octanol–water partition coefficient (Wildman–Crippen LogP) is 5.81. The molecule has 0 saturated heterocycles. The average molecular weight is 421 g/mol. The topological polar surface area (TPSA) is 41.1 Å². The molecule has 0 spiro atoms. The van der Waals surface area contributed by atoms with Gasteiger partial charge in [-0.1, -0.05) is 36.4 Å². The Morgan fingerprint density at radius 3 is 2.53 bits per heavy atom. The molecule has 152 valence electrons. The van der Waals surface area contributed by atoms with Crippen LogP contribution in [0.15, 0.2) is 66.7 Å². The molecule has 1 aliphatic rings. The van der Waals surface area contributed by atoms with E-state index < -0.39 is 0 Å². The van der Waals surface area contributed by atoms with E-state index in [-0.39, 0.29) is 18.2 Å². The van der Waals surface area contributed by atoms with Crippen LogP contribution in [0.3, 0.4) is 0 Å². The van der Waals surface area contributed by atoms with Gasteiger partial charge in [0.2, 0.25) is 5.95 Å². The minimum absolute atomic E-state index is 0. The summed E-state index contributed by atoms with van der Waals surface area (Å²) >= 11 is 0. The van der Waals surface area contributed by atoms with E-state index in [0.717, 1.165) is 47.5 Å². The lowest BCUT2D eigenvalue weighted by Crippen LogP contribution is -2.31. The molecule has 1 aromatic heterocycles. The van der Waals surface area contributed by atoms with Crippen LogP contribution in [0.1, 0.15) is 16.7 Å². The largest absolute Gasteiger partial charge is 0.351 e. The van der Waals surface area contributed by atoms with Crippen molar-refractivity contribution in [2.45, 2.75) is 19.9 Å². The van der Waals surface area contributed by atoms with Crippen LogP contribution in [0, 0.1) is 12.7 Å². The second kappa shape index (κ2) is 8.28. The van der Waals surface area contributed by atoms with Crippen LogP contribution < -0.4 is 10.2 Å². The van der Waals surface area contributed by atoms with Gasteiger partial charge >= 0.3 is 0 Å². The number of hydrogen-bond acceptors (Lipinski definition) is 4. The molecule has 0 radical (unpaired) electrons.